The molecule has 6 rings (SSSR count). The maximum Gasteiger partial charge on any atom is 0.176 e. The minimum absolute atomic E-state index is 0.151. The summed E-state index contributed by atoms with van der Waals surface area (Å²) in [6.07, 6.45) is 0.463. The van der Waals surface area contributed by atoms with E-state index in [4.69, 9.17) is 4.84 Å². The van der Waals surface area contributed by atoms with E-state index in [0.29, 0.717) is 13.0 Å². The Labute approximate surface area is 219 Å². The number of anilines is 1. The highest BCUT2D eigenvalue weighted by Gasteiger charge is 2.61. The Morgan fingerprint density at radius 3 is 1.92 bits per heavy atom. The van der Waals surface area contributed by atoms with E-state index in [1.807, 2.05) is 41.5 Å². The number of piperidine rings is 1. The lowest BCUT2D eigenvalue weighted by Gasteiger charge is -2.43. The number of carbonyl (C=O) groups is 1. The molecule has 0 aromatic heterocycles. The monoisotopic (exact) mass is 488 g/mol. The summed E-state index contributed by atoms with van der Waals surface area (Å²) in [5.74, 6) is 0.00630. The van der Waals surface area contributed by atoms with Crippen molar-refractivity contribution >= 4 is 11.5 Å². The summed E-state index contributed by atoms with van der Waals surface area (Å²) >= 11 is 0. The number of benzene rings is 4. The first-order valence-corrected chi connectivity index (χ1v) is 13.1. The van der Waals surface area contributed by atoms with Gasteiger partial charge in [-0.1, -0.05) is 109 Å². The fourth-order valence-electron chi connectivity index (χ4n) is 6.11. The number of rotatable bonds is 5. The fraction of sp³-hybridized carbons (Fsp3) is 0.242. The zero-order valence-electron chi connectivity index (χ0n) is 21.1. The third kappa shape index (κ3) is 4.26. The van der Waals surface area contributed by atoms with Crippen LogP contribution < -0.4 is 5.06 Å². The number of ketones is 1. The Bertz CT molecular complexity index is 1330. The van der Waals surface area contributed by atoms with E-state index in [1.54, 1.807) is 0 Å². The van der Waals surface area contributed by atoms with E-state index < -0.39 is 5.60 Å². The predicted molar refractivity (Wildman–Crippen MR) is 147 cm³/mol. The second-order valence-electron chi connectivity index (χ2n) is 10.1. The van der Waals surface area contributed by atoms with Gasteiger partial charge in [0.05, 0.1) is 17.6 Å². The van der Waals surface area contributed by atoms with Crippen LogP contribution in [0.5, 0.6) is 0 Å². The second kappa shape index (κ2) is 9.97. The van der Waals surface area contributed by atoms with Gasteiger partial charge in [-0.25, -0.2) is 5.06 Å². The second-order valence-corrected chi connectivity index (χ2v) is 10.1. The van der Waals surface area contributed by atoms with Gasteiger partial charge in [0.2, 0.25) is 0 Å². The van der Waals surface area contributed by atoms with Crippen LogP contribution in [0.1, 0.15) is 48.0 Å². The third-order valence-electron chi connectivity index (χ3n) is 8.01. The van der Waals surface area contributed by atoms with E-state index in [9.17, 15) is 4.79 Å². The van der Waals surface area contributed by atoms with Gasteiger partial charge in [0.15, 0.2) is 11.4 Å². The number of para-hydroxylation sites is 1. The summed E-state index contributed by atoms with van der Waals surface area (Å²) in [5.41, 5.74) is 3.46. The number of Topliss-reactive ketones (excluding diaryl/α,β-unsaturated/α-hetero) is 1. The van der Waals surface area contributed by atoms with E-state index in [-0.39, 0.29) is 23.8 Å². The maximum absolute atomic E-state index is 14.1. The molecule has 4 nitrogen and oxygen atoms in total. The largest absolute Gasteiger partial charge is 0.296 e. The molecule has 0 amide bonds. The van der Waals surface area contributed by atoms with Crippen LogP contribution in [0.15, 0.2) is 121 Å². The smallest absolute Gasteiger partial charge is 0.176 e. The Morgan fingerprint density at radius 2 is 1.30 bits per heavy atom. The third-order valence-corrected chi connectivity index (χ3v) is 8.01. The minimum Gasteiger partial charge on any atom is -0.296 e. The average molecular weight is 489 g/mol. The molecular formula is C33H32N2O2. The van der Waals surface area contributed by atoms with Crippen molar-refractivity contribution in [3.63, 3.8) is 0 Å². The molecule has 2 fully saturated rings. The van der Waals surface area contributed by atoms with E-state index in [0.717, 1.165) is 23.4 Å². The summed E-state index contributed by atoms with van der Waals surface area (Å²) in [7, 11) is 0. The molecule has 0 aliphatic carbocycles. The highest BCUT2D eigenvalue weighted by molar-refractivity contribution is 5.91. The summed E-state index contributed by atoms with van der Waals surface area (Å²) in [6.45, 7) is 3.49. The Kier molecular flexibility index (Phi) is 6.37. The maximum atomic E-state index is 14.1. The Hall–Kier alpha value is -3.73. The van der Waals surface area contributed by atoms with E-state index in [1.165, 1.54) is 5.56 Å². The molecule has 37 heavy (non-hydrogen) atoms. The zero-order chi connectivity index (χ0) is 25.2. The van der Waals surface area contributed by atoms with Gasteiger partial charge in [-0.2, -0.15) is 0 Å². The number of hydrogen-bond donors (Lipinski definition) is 0. The van der Waals surface area contributed by atoms with E-state index >= 15 is 0 Å². The molecule has 4 heteroatoms. The lowest BCUT2D eigenvalue weighted by molar-refractivity contribution is -0.151. The molecule has 2 aliphatic rings. The van der Waals surface area contributed by atoms with Crippen LogP contribution in [0.4, 0.5) is 5.69 Å². The van der Waals surface area contributed by atoms with Gasteiger partial charge in [-0.05, 0) is 35.7 Å². The van der Waals surface area contributed by atoms with Crippen LogP contribution in [0, 0.1) is 0 Å². The highest BCUT2D eigenvalue weighted by Crippen LogP contribution is 2.55. The van der Waals surface area contributed by atoms with Gasteiger partial charge in [0.1, 0.15) is 0 Å². The van der Waals surface area contributed by atoms with Crippen LogP contribution >= 0.6 is 0 Å². The van der Waals surface area contributed by atoms with Crippen LogP contribution in [0.2, 0.25) is 0 Å². The zero-order valence-corrected chi connectivity index (χ0v) is 21.1. The van der Waals surface area contributed by atoms with Gasteiger partial charge < -0.3 is 0 Å². The van der Waals surface area contributed by atoms with Crippen molar-refractivity contribution < 1.29 is 9.63 Å². The lowest BCUT2D eigenvalue weighted by Crippen LogP contribution is -2.58. The normalized spacial score (nSPS) is 24.9. The summed E-state index contributed by atoms with van der Waals surface area (Å²) in [5, 5.41) is 2.00. The van der Waals surface area contributed by atoms with Gasteiger partial charge >= 0.3 is 0 Å². The van der Waals surface area contributed by atoms with Crippen molar-refractivity contribution in [1.82, 2.24) is 4.90 Å². The first-order chi connectivity index (χ1) is 18.2. The first-order valence-electron chi connectivity index (χ1n) is 13.1. The van der Waals surface area contributed by atoms with Crippen molar-refractivity contribution in [2.24, 2.45) is 0 Å². The Morgan fingerprint density at radius 1 is 0.757 bits per heavy atom. The van der Waals surface area contributed by atoms with Gasteiger partial charge in [-0.15, -0.1) is 0 Å². The van der Waals surface area contributed by atoms with E-state index in [2.05, 4.69) is 96.8 Å². The van der Waals surface area contributed by atoms with Crippen LogP contribution in [0.25, 0.3) is 0 Å². The summed E-state index contributed by atoms with van der Waals surface area (Å²) in [6, 6.07) is 41.7. The number of hydrogen-bond acceptors (Lipinski definition) is 4. The lowest BCUT2D eigenvalue weighted by atomic mass is 9.71. The minimum atomic E-state index is -1.00. The summed E-state index contributed by atoms with van der Waals surface area (Å²) in [4.78, 5) is 23.5. The van der Waals surface area contributed by atoms with Gasteiger partial charge in [-0.3, -0.25) is 14.5 Å². The molecular weight excluding hydrogens is 456 g/mol. The quantitative estimate of drug-likeness (QED) is 0.312. The standard InChI is InChI=1S/C33H32N2O2/c1-25(26-14-6-2-7-15-26)34-23-22-30(36)33(24-34)31(27-16-8-3-9-17-27)32(28-18-10-4-11-19-28)35(37-33)29-20-12-5-13-21-29/h2-21,25,31-32H,22-24H2,1H3/t25?,31-,32-,33?/m0/s1. The average Bonchev–Trinajstić information content (AvgIpc) is 3.31. The molecule has 2 aliphatic heterocycles. The molecule has 4 atom stereocenters. The topological polar surface area (TPSA) is 32.8 Å². The number of carbonyl (C=O) groups excluding carboxylic acids is 1. The molecule has 1 spiro atoms. The fourth-order valence-corrected chi connectivity index (χ4v) is 6.11. The van der Waals surface area contributed by atoms with Crippen LogP contribution in [0.3, 0.4) is 0 Å². The van der Waals surface area contributed by atoms with Gasteiger partial charge in [0.25, 0.3) is 0 Å². The Balaban J connectivity index is 1.50. The van der Waals surface area contributed by atoms with Crippen molar-refractivity contribution in [1.29, 1.82) is 0 Å². The number of hydroxylamine groups is 1. The van der Waals surface area contributed by atoms with Crippen molar-refractivity contribution in [3.05, 3.63) is 138 Å². The molecule has 4 aromatic rings. The summed E-state index contributed by atoms with van der Waals surface area (Å²) < 4.78 is 0. The molecule has 0 saturated carbocycles. The molecule has 0 radical (unpaired) electrons. The van der Waals surface area contributed by atoms with Crippen molar-refractivity contribution in [3.8, 4) is 0 Å². The van der Waals surface area contributed by atoms with Gasteiger partial charge in [0, 0.05) is 25.6 Å². The molecule has 2 saturated heterocycles. The molecule has 2 heterocycles. The molecule has 0 N–H and O–H groups in total. The van der Waals surface area contributed by atoms with Crippen molar-refractivity contribution in [2.45, 2.75) is 36.9 Å². The predicted octanol–water partition coefficient (Wildman–Crippen LogP) is 6.74. The van der Waals surface area contributed by atoms with Crippen molar-refractivity contribution in [2.75, 3.05) is 18.2 Å². The SMILES string of the molecule is CC(c1ccccc1)N1CCC(=O)C2(C1)ON(c1ccccc1)[C@@H](c1ccccc1)[C@@H]2c1ccccc1. The highest BCUT2D eigenvalue weighted by atomic mass is 16.7. The number of nitrogens with zero attached hydrogens (tertiary/aromatic N) is 2. The van der Waals surface area contributed by atoms with Crippen LogP contribution in [-0.4, -0.2) is 29.4 Å². The number of likely N-dealkylation sites (tertiary alicyclic amines) is 1. The molecule has 2 unspecified atom stereocenters. The molecule has 4 aromatic carbocycles. The molecule has 186 valence electrons. The molecule has 0 bridgehead atoms. The van der Waals surface area contributed by atoms with Crippen LogP contribution in [-0.2, 0) is 9.63 Å². The first kappa shape index (κ1) is 23.7.